The Labute approximate surface area is 191 Å². The van der Waals surface area contributed by atoms with Crippen LogP contribution < -0.4 is 10.2 Å². The molecule has 2 aromatic heterocycles. The second-order valence-corrected chi connectivity index (χ2v) is 8.95. The molecule has 7 nitrogen and oxygen atoms in total. The Bertz CT molecular complexity index is 1210. The summed E-state index contributed by atoms with van der Waals surface area (Å²) in [6.45, 7) is 5.08. The summed E-state index contributed by atoms with van der Waals surface area (Å²) in [5, 5.41) is 3.75. The molecule has 0 unspecified atom stereocenters. The number of piperazine rings is 1. The molecule has 2 aliphatic heterocycles. The smallest absolute Gasteiger partial charge is 0.258 e. The van der Waals surface area contributed by atoms with Crippen molar-refractivity contribution < 1.29 is 9.59 Å². The largest absolute Gasteiger partial charge is 0.368 e. The molecule has 5 rings (SSSR count). The maximum Gasteiger partial charge on any atom is 0.258 e. The Morgan fingerprint density at radius 3 is 2.69 bits per heavy atom. The van der Waals surface area contributed by atoms with Gasteiger partial charge in [0.15, 0.2) is 0 Å². The molecular formula is C24H25N5O2S. The second-order valence-electron chi connectivity index (χ2n) is 7.88. The van der Waals surface area contributed by atoms with Crippen LogP contribution in [0.4, 0.5) is 5.69 Å². The number of amides is 2. The highest BCUT2D eigenvalue weighted by Crippen LogP contribution is 2.34. The lowest BCUT2D eigenvalue weighted by Gasteiger charge is -2.37. The fraction of sp³-hybridized carbons (Fsp3) is 0.292. The fourth-order valence-corrected chi connectivity index (χ4v) is 5.28. The number of benzene rings is 1. The van der Waals surface area contributed by atoms with E-state index in [-0.39, 0.29) is 18.4 Å². The summed E-state index contributed by atoms with van der Waals surface area (Å²) in [6, 6.07) is 14.3. The van der Waals surface area contributed by atoms with Crippen molar-refractivity contribution >= 4 is 41.0 Å². The van der Waals surface area contributed by atoms with Crippen LogP contribution in [-0.4, -0.2) is 58.8 Å². The van der Waals surface area contributed by atoms with Gasteiger partial charge in [-0.2, -0.15) is 0 Å². The number of aryl methyl sites for hydroxylation is 1. The van der Waals surface area contributed by atoms with Gasteiger partial charge < -0.3 is 15.1 Å². The van der Waals surface area contributed by atoms with Gasteiger partial charge in [0.1, 0.15) is 5.65 Å². The van der Waals surface area contributed by atoms with Crippen LogP contribution in [-0.2, 0) is 16.0 Å². The molecule has 2 amide bonds. The number of nitrogens with one attached hydrogen (secondary N) is 1. The number of nitrogens with zero attached hydrogens (tertiary/aromatic N) is 4. The van der Waals surface area contributed by atoms with E-state index in [0.29, 0.717) is 18.0 Å². The van der Waals surface area contributed by atoms with Crippen LogP contribution in [0.5, 0.6) is 0 Å². The molecule has 0 saturated carbocycles. The minimum absolute atomic E-state index is 0.00570. The van der Waals surface area contributed by atoms with Gasteiger partial charge in [-0.05, 0) is 36.3 Å². The molecule has 164 valence electrons. The molecule has 1 saturated heterocycles. The minimum atomic E-state index is -0.233. The Hall–Kier alpha value is -3.26. The number of thioether (sulfide) groups is 1. The highest BCUT2D eigenvalue weighted by atomic mass is 32.2. The molecule has 0 aliphatic carbocycles. The molecule has 1 aromatic carbocycles. The molecular weight excluding hydrogens is 422 g/mol. The number of aromatic nitrogens is 2. The molecule has 8 heteroatoms. The van der Waals surface area contributed by atoms with E-state index >= 15 is 0 Å². The highest BCUT2D eigenvalue weighted by Gasteiger charge is 2.24. The molecule has 1 fully saturated rings. The fourth-order valence-electron chi connectivity index (χ4n) is 4.27. The van der Waals surface area contributed by atoms with Crippen molar-refractivity contribution in [2.45, 2.75) is 18.4 Å². The van der Waals surface area contributed by atoms with Gasteiger partial charge in [0.25, 0.3) is 5.91 Å². The normalized spacial score (nSPS) is 15.6. The standard InChI is InChI=1S/C24H25N5O2S/c1-2-17-6-3-4-7-19(17)27-10-12-28(13-11-27)22(30)16-26-24(31)20-14-18-15-25-21-8-5-9-23(32-20)29(18)21/h3-9,14-15H,2,10-13,16H2,1H3,(H,26,31). The van der Waals surface area contributed by atoms with Crippen molar-refractivity contribution in [2.24, 2.45) is 0 Å². The van der Waals surface area contributed by atoms with Gasteiger partial charge in [-0.15, -0.1) is 0 Å². The Kier molecular flexibility index (Phi) is 5.61. The Morgan fingerprint density at radius 2 is 1.88 bits per heavy atom. The highest BCUT2D eigenvalue weighted by molar-refractivity contribution is 8.04. The predicted octanol–water partition coefficient (Wildman–Crippen LogP) is 2.81. The van der Waals surface area contributed by atoms with Gasteiger partial charge >= 0.3 is 0 Å². The van der Waals surface area contributed by atoms with E-state index < -0.39 is 0 Å². The number of carbonyl (C=O) groups excluding carboxylic acids is 2. The van der Waals surface area contributed by atoms with Crippen LogP contribution in [0.25, 0.3) is 11.7 Å². The predicted molar refractivity (Wildman–Crippen MR) is 127 cm³/mol. The second kappa shape index (κ2) is 8.70. The monoisotopic (exact) mass is 447 g/mol. The molecule has 32 heavy (non-hydrogen) atoms. The van der Waals surface area contributed by atoms with E-state index in [2.05, 4.69) is 46.4 Å². The number of hydrogen-bond donors (Lipinski definition) is 1. The number of imidazole rings is 1. The summed E-state index contributed by atoms with van der Waals surface area (Å²) in [4.78, 5) is 34.6. The van der Waals surface area contributed by atoms with Gasteiger partial charge in [-0.25, -0.2) is 4.98 Å². The van der Waals surface area contributed by atoms with Gasteiger partial charge in [-0.1, -0.05) is 43.0 Å². The molecule has 0 radical (unpaired) electrons. The zero-order valence-electron chi connectivity index (χ0n) is 18.0. The molecule has 1 N–H and O–H groups in total. The van der Waals surface area contributed by atoms with E-state index in [0.717, 1.165) is 35.9 Å². The lowest BCUT2D eigenvalue weighted by atomic mass is 10.1. The lowest BCUT2D eigenvalue weighted by Crippen LogP contribution is -2.51. The minimum Gasteiger partial charge on any atom is -0.368 e. The molecule has 0 bridgehead atoms. The van der Waals surface area contributed by atoms with Gasteiger partial charge in [0.05, 0.1) is 28.4 Å². The zero-order chi connectivity index (χ0) is 22.1. The zero-order valence-corrected chi connectivity index (χ0v) is 18.8. The van der Waals surface area contributed by atoms with Crippen molar-refractivity contribution in [1.82, 2.24) is 19.6 Å². The van der Waals surface area contributed by atoms with Crippen LogP contribution in [0.2, 0.25) is 0 Å². The number of carbonyl (C=O) groups is 2. The number of anilines is 1. The van der Waals surface area contributed by atoms with Crippen LogP contribution >= 0.6 is 11.8 Å². The van der Waals surface area contributed by atoms with Crippen LogP contribution in [0.3, 0.4) is 0 Å². The third-order valence-corrected chi connectivity index (χ3v) is 7.03. The van der Waals surface area contributed by atoms with Gasteiger partial charge in [0.2, 0.25) is 5.91 Å². The number of pyridine rings is 1. The first-order chi connectivity index (χ1) is 15.6. The summed E-state index contributed by atoms with van der Waals surface area (Å²) < 4.78 is 2.02. The number of rotatable bonds is 5. The van der Waals surface area contributed by atoms with E-state index in [4.69, 9.17) is 0 Å². The summed E-state index contributed by atoms with van der Waals surface area (Å²) >= 11 is 1.39. The SMILES string of the molecule is CCc1ccccc1N1CCN(C(=O)CNC(=O)C2=Cc3cnc4cccc(n34)S2)CC1. The van der Waals surface area contributed by atoms with Crippen LogP contribution in [0.15, 0.2) is 58.6 Å². The third-order valence-electron chi connectivity index (χ3n) is 5.98. The van der Waals surface area contributed by atoms with Gasteiger partial charge in [-0.3, -0.25) is 14.0 Å². The van der Waals surface area contributed by atoms with Crippen molar-refractivity contribution in [1.29, 1.82) is 0 Å². The molecule has 4 heterocycles. The molecule has 2 aliphatic rings. The maximum absolute atomic E-state index is 12.7. The van der Waals surface area contributed by atoms with Crippen LogP contribution in [0.1, 0.15) is 18.2 Å². The maximum atomic E-state index is 12.7. The van der Waals surface area contributed by atoms with E-state index in [1.165, 1.54) is 23.0 Å². The first-order valence-electron chi connectivity index (χ1n) is 10.9. The van der Waals surface area contributed by atoms with Crippen molar-refractivity contribution in [3.63, 3.8) is 0 Å². The average molecular weight is 448 g/mol. The van der Waals surface area contributed by atoms with Crippen molar-refractivity contribution in [3.8, 4) is 0 Å². The number of para-hydroxylation sites is 1. The first-order valence-corrected chi connectivity index (χ1v) is 11.7. The van der Waals surface area contributed by atoms with E-state index in [1.807, 2.05) is 33.6 Å². The Balaban J connectivity index is 1.16. The summed E-state index contributed by atoms with van der Waals surface area (Å²) in [6.07, 6.45) is 4.57. The topological polar surface area (TPSA) is 69.9 Å². The Morgan fingerprint density at radius 1 is 1.06 bits per heavy atom. The van der Waals surface area contributed by atoms with Gasteiger partial charge in [0, 0.05) is 31.9 Å². The molecule has 0 spiro atoms. The first kappa shape index (κ1) is 20.6. The molecule has 3 aromatic rings. The summed E-state index contributed by atoms with van der Waals surface area (Å²) in [7, 11) is 0. The van der Waals surface area contributed by atoms with Crippen LogP contribution in [0, 0.1) is 0 Å². The number of hydrogen-bond acceptors (Lipinski definition) is 5. The summed E-state index contributed by atoms with van der Waals surface area (Å²) in [5.74, 6) is -0.279. The van der Waals surface area contributed by atoms with Crippen molar-refractivity contribution in [3.05, 3.63) is 64.8 Å². The molecule has 0 atom stereocenters. The lowest BCUT2D eigenvalue weighted by molar-refractivity contribution is -0.132. The van der Waals surface area contributed by atoms with E-state index in [1.54, 1.807) is 6.20 Å². The van der Waals surface area contributed by atoms with E-state index in [9.17, 15) is 9.59 Å². The quantitative estimate of drug-likeness (QED) is 0.651. The average Bonchev–Trinajstić information content (AvgIpc) is 3.27. The third kappa shape index (κ3) is 3.86. The van der Waals surface area contributed by atoms with Crippen molar-refractivity contribution in [2.75, 3.05) is 37.6 Å². The summed E-state index contributed by atoms with van der Waals surface area (Å²) in [5.41, 5.74) is 4.31.